The Kier molecular flexibility index (Phi) is 2.89. The van der Waals surface area contributed by atoms with Crippen LogP contribution < -0.4 is 4.74 Å². The lowest BCUT2D eigenvalue weighted by Gasteiger charge is -2.23. The Morgan fingerprint density at radius 1 is 1.23 bits per heavy atom. The zero-order valence-electron chi connectivity index (χ0n) is 12.1. The van der Waals surface area contributed by atoms with E-state index in [0.717, 1.165) is 23.4 Å². The Morgan fingerprint density at radius 3 is 2.82 bits per heavy atom. The summed E-state index contributed by atoms with van der Waals surface area (Å²) in [5, 5.41) is 4.03. The fourth-order valence-electron chi connectivity index (χ4n) is 2.93. The molecule has 1 aliphatic rings. The van der Waals surface area contributed by atoms with Gasteiger partial charge in [0.15, 0.2) is 5.78 Å². The van der Waals surface area contributed by atoms with Gasteiger partial charge in [-0.3, -0.25) is 4.79 Å². The van der Waals surface area contributed by atoms with Gasteiger partial charge in [0.2, 0.25) is 0 Å². The molecule has 0 fully saturated rings. The van der Waals surface area contributed by atoms with Crippen LogP contribution in [0.25, 0.3) is 5.78 Å². The topological polar surface area (TPSA) is 69.4 Å². The summed E-state index contributed by atoms with van der Waals surface area (Å²) >= 11 is 0. The molecule has 0 saturated heterocycles. The van der Waals surface area contributed by atoms with Gasteiger partial charge in [0, 0.05) is 12.6 Å². The standard InChI is InChI=1S/C16H14N4O2/c1-22-12-4-2-10(3-5-12)11-6-14-13(15(21)7-11)8-20-16(19-14)17-9-18-20/h2-5,8-9,11H,6-7H2,1H3. The zero-order valence-corrected chi connectivity index (χ0v) is 12.1. The summed E-state index contributed by atoms with van der Waals surface area (Å²) in [7, 11) is 1.64. The average molecular weight is 294 g/mol. The molecule has 4 rings (SSSR count). The minimum absolute atomic E-state index is 0.104. The van der Waals surface area contributed by atoms with Crippen molar-refractivity contribution < 1.29 is 9.53 Å². The second-order valence-corrected chi connectivity index (χ2v) is 5.41. The second kappa shape index (κ2) is 4.91. The van der Waals surface area contributed by atoms with Gasteiger partial charge in [-0.15, -0.1) is 0 Å². The van der Waals surface area contributed by atoms with E-state index in [4.69, 9.17) is 4.74 Å². The van der Waals surface area contributed by atoms with Crippen molar-refractivity contribution in [1.29, 1.82) is 0 Å². The van der Waals surface area contributed by atoms with E-state index < -0.39 is 0 Å². The Balaban J connectivity index is 1.71. The third kappa shape index (κ3) is 2.04. The smallest absolute Gasteiger partial charge is 0.252 e. The number of benzene rings is 1. The predicted octanol–water partition coefficient (Wildman–Crippen LogP) is 2.05. The van der Waals surface area contributed by atoms with E-state index >= 15 is 0 Å². The van der Waals surface area contributed by atoms with Crippen LogP contribution in [0.3, 0.4) is 0 Å². The van der Waals surface area contributed by atoms with Crippen LogP contribution in [-0.2, 0) is 6.42 Å². The van der Waals surface area contributed by atoms with Crippen LogP contribution in [0.2, 0.25) is 0 Å². The van der Waals surface area contributed by atoms with Gasteiger partial charge in [0.1, 0.15) is 12.1 Å². The monoisotopic (exact) mass is 294 g/mol. The van der Waals surface area contributed by atoms with E-state index in [1.54, 1.807) is 17.8 Å². The van der Waals surface area contributed by atoms with Gasteiger partial charge in [-0.05, 0) is 30.0 Å². The van der Waals surface area contributed by atoms with Crippen LogP contribution in [0.15, 0.2) is 36.8 Å². The number of rotatable bonds is 2. The number of fused-ring (bicyclic) bond motifs is 2. The lowest BCUT2D eigenvalue weighted by molar-refractivity contribution is 0.0962. The maximum Gasteiger partial charge on any atom is 0.252 e. The summed E-state index contributed by atoms with van der Waals surface area (Å²) < 4.78 is 6.72. The van der Waals surface area contributed by atoms with E-state index in [1.807, 2.05) is 24.3 Å². The number of carbonyl (C=O) groups is 1. The fourth-order valence-corrected chi connectivity index (χ4v) is 2.93. The molecule has 1 aromatic carbocycles. The molecule has 6 nitrogen and oxygen atoms in total. The van der Waals surface area contributed by atoms with E-state index in [0.29, 0.717) is 17.8 Å². The lowest BCUT2D eigenvalue weighted by Crippen LogP contribution is -2.21. The van der Waals surface area contributed by atoms with Crippen molar-refractivity contribution in [3.63, 3.8) is 0 Å². The molecular formula is C16H14N4O2. The molecule has 1 unspecified atom stereocenters. The minimum Gasteiger partial charge on any atom is -0.497 e. The minimum atomic E-state index is 0.104. The van der Waals surface area contributed by atoms with Gasteiger partial charge in [0.25, 0.3) is 5.78 Å². The summed E-state index contributed by atoms with van der Waals surface area (Å²) in [6, 6.07) is 7.86. The number of carbonyl (C=O) groups excluding carboxylic acids is 1. The molecule has 2 heterocycles. The third-order valence-corrected chi connectivity index (χ3v) is 4.11. The van der Waals surface area contributed by atoms with Crippen LogP contribution in [-0.4, -0.2) is 32.5 Å². The molecule has 0 spiro atoms. The molecule has 0 N–H and O–H groups in total. The maximum absolute atomic E-state index is 12.4. The van der Waals surface area contributed by atoms with Gasteiger partial charge in [-0.25, -0.2) is 9.50 Å². The molecule has 0 radical (unpaired) electrons. The first-order chi connectivity index (χ1) is 10.7. The van der Waals surface area contributed by atoms with Gasteiger partial charge >= 0.3 is 0 Å². The number of nitrogens with zero attached hydrogens (tertiary/aromatic N) is 4. The van der Waals surface area contributed by atoms with Gasteiger partial charge in [-0.1, -0.05) is 12.1 Å². The van der Waals surface area contributed by atoms with Crippen LogP contribution in [0.1, 0.15) is 34.0 Å². The first kappa shape index (κ1) is 12.9. The van der Waals surface area contributed by atoms with E-state index in [-0.39, 0.29) is 11.7 Å². The fraction of sp³-hybridized carbons (Fsp3) is 0.250. The van der Waals surface area contributed by atoms with Gasteiger partial charge in [0.05, 0.1) is 18.4 Å². The van der Waals surface area contributed by atoms with Crippen LogP contribution in [0.5, 0.6) is 5.75 Å². The summed E-state index contributed by atoms with van der Waals surface area (Å²) in [6.07, 6.45) is 4.40. The molecule has 110 valence electrons. The highest BCUT2D eigenvalue weighted by Gasteiger charge is 2.28. The summed E-state index contributed by atoms with van der Waals surface area (Å²) in [5.74, 6) is 1.59. The highest BCUT2D eigenvalue weighted by Crippen LogP contribution is 2.32. The molecule has 0 saturated carbocycles. The Bertz CT molecular complexity index is 854. The van der Waals surface area contributed by atoms with Crippen molar-refractivity contribution in [1.82, 2.24) is 19.6 Å². The number of ether oxygens (including phenoxy) is 1. The number of Topliss-reactive ketones (excluding diaryl/α,β-unsaturated/α-hetero) is 1. The van der Waals surface area contributed by atoms with Gasteiger partial charge in [-0.2, -0.15) is 10.1 Å². The summed E-state index contributed by atoms with van der Waals surface area (Å²) in [5.41, 5.74) is 2.59. The van der Waals surface area contributed by atoms with Crippen molar-refractivity contribution in [2.45, 2.75) is 18.8 Å². The highest BCUT2D eigenvalue weighted by atomic mass is 16.5. The van der Waals surface area contributed by atoms with Crippen molar-refractivity contribution in [2.75, 3.05) is 7.11 Å². The van der Waals surface area contributed by atoms with Crippen LogP contribution in [0.4, 0.5) is 0 Å². The van der Waals surface area contributed by atoms with E-state index in [2.05, 4.69) is 15.1 Å². The molecule has 1 aliphatic carbocycles. The first-order valence-corrected chi connectivity index (χ1v) is 7.11. The number of methoxy groups -OCH3 is 1. The molecule has 3 aromatic rings. The SMILES string of the molecule is COc1ccc(C2CC(=O)c3cn4ncnc4nc3C2)cc1. The number of ketones is 1. The predicted molar refractivity (Wildman–Crippen MR) is 79.2 cm³/mol. The largest absolute Gasteiger partial charge is 0.497 e. The van der Waals surface area contributed by atoms with Gasteiger partial charge < -0.3 is 4.74 Å². The van der Waals surface area contributed by atoms with E-state index in [1.165, 1.54) is 6.33 Å². The van der Waals surface area contributed by atoms with Crippen LogP contribution >= 0.6 is 0 Å². The molecular weight excluding hydrogens is 280 g/mol. The third-order valence-electron chi connectivity index (χ3n) is 4.11. The zero-order chi connectivity index (χ0) is 15.1. The maximum atomic E-state index is 12.4. The quantitative estimate of drug-likeness (QED) is 0.723. The molecule has 6 heteroatoms. The molecule has 0 aliphatic heterocycles. The van der Waals surface area contributed by atoms with Crippen molar-refractivity contribution in [2.24, 2.45) is 0 Å². The van der Waals surface area contributed by atoms with Crippen molar-refractivity contribution in [3.05, 3.63) is 53.6 Å². The lowest BCUT2D eigenvalue weighted by atomic mass is 9.82. The number of aromatic nitrogens is 4. The summed E-state index contributed by atoms with van der Waals surface area (Å²) in [6.45, 7) is 0. The molecule has 1 atom stereocenters. The molecule has 0 amide bonds. The number of hydrogen-bond acceptors (Lipinski definition) is 5. The second-order valence-electron chi connectivity index (χ2n) is 5.41. The van der Waals surface area contributed by atoms with Crippen molar-refractivity contribution in [3.8, 4) is 5.75 Å². The summed E-state index contributed by atoms with van der Waals surface area (Å²) in [4.78, 5) is 21.0. The normalized spacial score (nSPS) is 17.5. The Hall–Kier alpha value is -2.76. The number of hydrogen-bond donors (Lipinski definition) is 0. The molecule has 0 bridgehead atoms. The Labute approximate surface area is 126 Å². The average Bonchev–Trinajstić information content (AvgIpc) is 3.00. The first-order valence-electron chi connectivity index (χ1n) is 7.11. The molecule has 2 aromatic heterocycles. The van der Waals surface area contributed by atoms with E-state index in [9.17, 15) is 4.79 Å². The highest BCUT2D eigenvalue weighted by molar-refractivity contribution is 5.98. The molecule has 22 heavy (non-hydrogen) atoms. The van der Waals surface area contributed by atoms with Crippen molar-refractivity contribution >= 4 is 11.6 Å². The Morgan fingerprint density at radius 2 is 2.05 bits per heavy atom. The van der Waals surface area contributed by atoms with Crippen LogP contribution in [0, 0.1) is 0 Å².